The number of aromatic nitrogens is 3. The number of aryl methyl sites for hydroxylation is 3. The summed E-state index contributed by atoms with van der Waals surface area (Å²) in [7, 11) is 1.63. The van der Waals surface area contributed by atoms with Crippen LogP contribution in [0.25, 0.3) is 16.5 Å². The number of hydrogen-bond donors (Lipinski definition) is 1. The Morgan fingerprint density at radius 3 is 2.28 bits per heavy atom. The van der Waals surface area contributed by atoms with Gasteiger partial charge >= 0.3 is 6.18 Å². The average molecular weight is 499 g/mol. The Bertz CT molecular complexity index is 1380. The van der Waals surface area contributed by atoms with Crippen molar-refractivity contribution in [2.24, 2.45) is 0 Å². The lowest BCUT2D eigenvalue weighted by atomic mass is 10.1. The first-order valence-corrected chi connectivity index (χ1v) is 11.7. The molecule has 2 aromatic heterocycles. The van der Waals surface area contributed by atoms with Crippen molar-refractivity contribution < 1.29 is 22.6 Å². The number of anilines is 1. The molecule has 0 aliphatic heterocycles. The van der Waals surface area contributed by atoms with Crippen LogP contribution in [0.5, 0.6) is 11.5 Å². The van der Waals surface area contributed by atoms with E-state index in [1.54, 1.807) is 7.11 Å². The molecule has 2 aromatic carbocycles. The number of benzene rings is 2. The lowest BCUT2D eigenvalue weighted by molar-refractivity contribution is -0.137. The molecule has 0 unspecified atom stereocenters. The summed E-state index contributed by atoms with van der Waals surface area (Å²) in [6, 6.07) is 11.0. The Kier molecular flexibility index (Phi) is 7.10. The maximum absolute atomic E-state index is 12.8. The predicted molar refractivity (Wildman–Crippen MR) is 134 cm³/mol. The van der Waals surface area contributed by atoms with Crippen molar-refractivity contribution >= 4 is 16.6 Å². The highest BCUT2D eigenvalue weighted by molar-refractivity contribution is 5.98. The fourth-order valence-electron chi connectivity index (χ4n) is 4.56. The van der Waals surface area contributed by atoms with Crippen molar-refractivity contribution in [2.45, 2.75) is 40.3 Å². The summed E-state index contributed by atoms with van der Waals surface area (Å²) in [5.74, 6) is 2.05. The molecule has 0 amide bonds. The summed E-state index contributed by atoms with van der Waals surface area (Å²) in [6.07, 6.45) is -3.80. The molecule has 6 nitrogen and oxygen atoms in total. The molecule has 1 N–H and O–H groups in total. The minimum atomic E-state index is -4.34. The highest BCUT2D eigenvalue weighted by Gasteiger charge is 2.30. The lowest BCUT2D eigenvalue weighted by Crippen LogP contribution is -2.09. The zero-order valence-corrected chi connectivity index (χ0v) is 21.0. The third-order valence-electron chi connectivity index (χ3n) is 6.23. The van der Waals surface area contributed by atoms with E-state index in [9.17, 15) is 13.2 Å². The third-order valence-corrected chi connectivity index (χ3v) is 6.23. The number of hydrogen-bond acceptors (Lipinski definition) is 5. The number of fused-ring (bicyclic) bond motifs is 1. The molecule has 4 aromatic rings. The topological polar surface area (TPSA) is 61.2 Å². The van der Waals surface area contributed by atoms with Crippen LogP contribution in [0.15, 0.2) is 42.5 Å². The molecule has 9 heteroatoms. The fraction of sp³-hybridized carbons (Fsp3) is 0.333. The van der Waals surface area contributed by atoms with Gasteiger partial charge in [-0.3, -0.25) is 0 Å². The molecule has 0 spiro atoms. The van der Waals surface area contributed by atoms with Gasteiger partial charge in [0.1, 0.15) is 11.5 Å². The van der Waals surface area contributed by atoms with Crippen LogP contribution in [0.1, 0.15) is 35.1 Å². The minimum absolute atomic E-state index is 0.494. The van der Waals surface area contributed by atoms with Gasteiger partial charge in [-0.25, -0.2) is 0 Å². The second-order valence-electron chi connectivity index (χ2n) is 8.53. The summed E-state index contributed by atoms with van der Waals surface area (Å²) in [5.41, 5.74) is 3.81. The first-order valence-electron chi connectivity index (χ1n) is 11.7. The van der Waals surface area contributed by atoms with Gasteiger partial charge in [0.15, 0.2) is 5.82 Å². The van der Waals surface area contributed by atoms with E-state index in [-0.39, 0.29) is 0 Å². The van der Waals surface area contributed by atoms with E-state index in [1.165, 1.54) is 12.1 Å². The third kappa shape index (κ3) is 4.82. The number of nitrogens with one attached hydrogen (secondary N) is 1. The van der Waals surface area contributed by atoms with E-state index < -0.39 is 11.7 Å². The normalized spacial score (nSPS) is 11.7. The molecule has 0 saturated heterocycles. The highest BCUT2D eigenvalue weighted by atomic mass is 19.4. The smallest absolute Gasteiger partial charge is 0.416 e. The molecule has 190 valence electrons. The SMILES string of the molecule is CCOc1ccc(-n2c(C)c3c(C)nnc(NCCc4ccc(C(F)(F)F)cc4)c3c2C)c(OC)c1. The lowest BCUT2D eigenvalue weighted by Gasteiger charge is -2.15. The molecule has 0 atom stereocenters. The van der Waals surface area contributed by atoms with Crippen LogP contribution in [0.3, 0.4) is 0 Å². The molecule has 0 saturated carbocycles. The standard InChI is InChI=1S/C27H29F3N4O2/c1-6-36-21-11-12-22(23(15-21)35-5)34-17(3)24-16(2)32-33-26(25(24)18(34)4)31-14-13-19-7-9-20(10-8-19)27(28,29)30/h7-12,15H,6,13-14H2,1-5H3,(H,31,33). The summed E-state index contributed by atoms with van der Waals surface area (Å²) in [4.78, 5) is 0. The van der Waals surface area contributed by atoms with Gasteiger partial charge in [0.05, 0.1) is 30.7 Å². The van der Waals surface area contributed by atoms with Crippen LogP contribution in [-0.2, 0) is 12.6 Å². The maximum atomic E-state index is 12.8. The summed E-state index contributed by atoms with van der Waals surface area (Å²) < 4.78 is 51.9. The van der Waals surface area contributed by atoms with Crippen molar-refractivity contribution in [3.63, 3.8) is 0 Å². The zero-order chi connectivity index (χ0) is 26.0. The summed E-state index contributed by atoms with van der Waals surface area (Å²) in [5, 5.41) is 14.0. The van der Waals surface area contributed by atoms with Crippen molar-refractivity contribution in [3.05, 3.63) is 70.7 Å². The number of alkyl halides is 3. The second kappa shape index (κ2) is 10.1. The van der Waals surface area contributed by atoms with Crippen molar-refractivity contribution in [1.29, 1.82) is 0 Å². The maximum Gasteiger partial charge on any atom is 0.416 e. The van der Waals surface area contributed by atoms with Crippen LogP contribution in [0.2, 0.25) is 0 Å². The Morgan fingerprint density at radius 2 is 1.64 bits per heavy atom. The van der Waals surface area contributed by atoms with Gasteiger partial charge in [-0.05, 0) is 63.9 Å². The first-order chi connectivity index (χ1) is 17.2. The number of methoxy groups -OCH3 is 1. The Hall–Kier alpha value is -3.75. The minimum Gasteiger partial charge on any atom is -0.494 e. The van der Waals surface area contributed by atoms with Gasteiger partial charge in [-0.15, -0.1) is 5.10 Å². The van der Waals surface area contributed by atoms with Crippen LogP contribution in [0, 0.1) is 20.8 Å². The van der Waals surface area contributed by atoms with E-state index >= 15 is 0 Å². The number of rotatable bonds is 8. The Morgan fingerprint density at radius 1 is 0.944 bits per heavy atom. The van der Waals surface area contributed by atoms with E-state index in [0.29, 0.717) is 31.1 Å². The molecular formula is C27H29F3N4O2. The van der Waals surface area contributed by atoms with Gasteiger partial charge in [0.2, 0.25) is 0 Å². The van der Waals surface area contributed by atoms with E-state index in [4.69, 9.17) is 9.47 Å². The Balaban J connectivity index is 1.66. The first kappa shape index (κ1) is 25.3. The number of halogens is 3. The van der Waals surface area contributed by atoms with Crippen LogP contribution >= 0.6 is 0 Å². The van der Waals surface area contributed by atoms with Gasteiger partial charge in [0.25, 0.3) is 0 Å². The molecule has 0 radical (unpaired) electrons. The van der Waals surface area contributed by atoms with Gasteiger partial charge < -0.3 is 19.4 Å². The molecule has 0 bridgehead atoms. The quantitative estimate of drug-likeness (QED) is 0.304. The predicted octanol–water partition coefficient (Wildman–Crippen LogP) is 6.43. The molecule has 0 aliphatic carbocycles. The van der Waals surface area contributed by atoms with Gasteiger partial charge in [0, 0.05) is 34.8 Å². The van der Waals surface area contributed by atoms with Crippen LogP contribution in [-0.4, -0.2) is 35.0 Å². The number of ether oxygens (including phenoxy) is 2. The molecule has 0 fully saturated rings. The molecule has 2 heterocycles. The van der Waals surface area contributed by atoms with E-state index in [2.05, 4.69) is 20.1 Å². The summed E-state index contributed by atoms with van der Waals surface area (Å²) in [6.45, 7) is 8.97. The van der Waals surface area contributed by atoms with Crippen molar-refractivity contribution in [3.8, 4) is 17.2 Å². The molecule has 0 aliphatic rings. The van der Waals surface area contributed by atoms with Crippen molar-refractivity contribution in [2.75, 3.05) is 25.6 Å². The van der Waals surface area contributed by atoms with Crippen LogP contribution < -0.4 is 14.8 Å². The Labute approximate surface area is 208 Å². The van der Waals surface area contributed by atoms with Gasteiger partial charge in [-0.2, -0.15) is 18.3 Å². The second-order valence-corrected chi connectivity index (χ2v) is 8.53. The average Bonchev–Trinajstić information content (AvgIpc) is 3.11. The zero-order valence-electron chi connectivity index (χ0n) is 21.0. The summed E-state index contributed by atoms with van der Waals surface area (Å²) >= 11 is 0. The molecule has 36 heavy (non-hydrogen) atoms. The monoisotopic (exact) mass is 498 g/mol. The highest BCUT2D eigenvalue weighted by Crippen LogP contribution is 2.37. The molecule has 4 rings (SSSR count). The van der Waals surface area contributed by atoms with E-state index in [1.807, 2.05) is 45.9 Å². The van der Waals surface area contributed by atoms with Crippen molar-refractivity contribution in [1.82, 2.24) is 14.8 Å². The number of nitrogens with zero attached hydrogens (tertiary/aromatic N) is 3. The van der Waals surface area contributed by atoms with Crippen LogP contribution in [0.4, 0.5) is 19.0 Å². The van der Waals surface area contributed by atoms with E-state index in [0.717, 1.165) is 57.0 Å². The fourth-order valence-corrected chi connectivity index (χ4v) is 4.56. The largest absolute Gasteiger partial charge is 0.494 e. The van der Waals surface area contributed by atoms with Gasteiger partial charge in [-0.1, -0.05) is 12.1 Å². The molecular weight excluding hydrogens is 469 g/mol.